The van der Waals surface area contributed by atoms with E-state index < -0.39 is 17.8 Å². The van der Waals surface area contributed by atoms with E-state index in [-0.39, 0.29) is 17.7 Å². The molecule has 5 nitrogen and oxygen atoms in total. The van der Waals surface area contributed by atoms with Crippen molar-refractivity contribution >= 4 is 28.3 Å². The van der Waals surface area contributed by atoms with Crippen molar-refractivity contribution in [3.63, 3.8) is 0 Å². The Morgan fingerprint density at radius 3 is 2.44 bits per heavy atom. The fourth-order valence-corrected chi connectivity index (χ4v) is 5.42. The van der Waals surface area contributed by atoms with Gasteiger partial charge in [-0.05, 0) is 42.6 Å². The number of carbonyl (C=O) groups is 2. The molecule has 6 heteroatoms. The first-order chi connectivity index (χ1) is 12.9. The number of nitrogens with zero attached hydrogens (tertiary/aromatic N) is 1. The van der Waals surface area contributed by atoms with Crippen LogP contribution in [0.3, 0.4) is 0 Å². The number of carboxylic acids is 1. The monoisotopic (exact) mass is 383 g/mol. The second-order valence-corrected chi connectivity index (χ2v) is 8.87. The highest BCUT2D eigenvalue weighted by atomic mass is 32.1. The van der Waals surface area contributed by atoms with Crippen LogP contribution < -0.4 is 10.4 Å². The average Bonchev–Trinajstić information content (AvgIpc) is 3.37. The fourth-order valence-electron chi connectivity index (χ4n) is 4.70. The maximum atomic E-state index is 12.7. The number of rotatable bonds is 5. The van der Waals surface area contributed by atoms with E-state index in [1.54, 1.807) is 0 Å². The third-order valence-corrected chi connectivity index (χ3v) is 6.86. The molecule has 2 fully saturated rings. The van der Waals surface area contributed by atoms with Crippen molar-refractivity contribution in [3.05, 3.63) is 35.2 Å². The van der Waals surface area contributed by atoms with Gasteiger partial charge < -0.3 is 15.2 Å². The lowest BCUT2D eigenvalue weighted by molar-refractivity contribution is -0.314. The van der Waals surface area contributed by atoms with Gasteiger partial charge in [0, 0.05) is 28.7 Å². The molecule has 27 heavy (non-hydrogen) atoms. The summed E-state index contributed by atoms with van der Waals surface area (Å²) in [7, 11) is 0. The van der Waals surface area contributed by atoms with Crippen LogP contribution in [-0.2, 0) is 9.59 Å². The molecule has 2 saturated carbocycles. The lowest BCUT2D eigenvalue weighted by Gasteiger charge is -2.30. The number of nitrogens with one attached hydrogen (secondary N) is 1. The number of aliphatic carboxylic acids is 1. The summed E-state index contributed by atoms with van der Waals surface area (Å²) in [6.45, 7) is 4.31. The Labute approximate surface area is 162 Å². The van der Waals surface area contributed by atoms with Crippen LogP contribution in [0, 0.1) is 23.7 Å². The fraction of sp³-hybridized carbons (Fsp3) is 0.476. The Hall–Kier alpha value is -2.21. The van der Waals surface area contributed by atoms with Gasteiger partial charge in [-0.25, -0.2) is 4.98 Å². The highest BCUT2D eigenvalue weighted by molar-refractivity contribution is 7.14. The number of aromatic nitrogens is 1. The van der Waals surface area contributed by atoms with Crippen molar-refractivity contribution in [3.8, 4) is 11.3 Å². The summed E-state index contributed by atoms with van der Waals surface area (Å²) in [5.74, 6) is -1.76. The van der Waals surface area contributed by atoms with Crippen LogP contribution in [0.1, 0.15) is 44.6 Å². The lowest BCUT2D eigenvalue weighted by atomic mass is 9.79. The molecule has 1 aromatic heterocycles. The molecule has 2 bridgehead atoms. The van der Waals surface area contributed by atoms with Gasteiger partial charge in [0.15, 0.2) is 5.13 Å². The molecule has 4 rings (SSSR count). The normalized spacial score (nSPS) is 26.5. The van der Waals surface area contributed by atoms with Crippen LogP contribution in [0.25, 0.3) is 11.3 Å². The van der Waals surface area contributed by atoms with Crippen LogP contribution >= 0.6 is 11.3 Å². The minimum Gasteiger partial charge on any atom is -0.550 e. The van der Waals surface area contributed by atoms with Crippen LogP contribution in [0.15, 0.2) is 29.6 Å². The van der Waals surface area contributed by atoms with Crippen LogP contribution in [0.5, 0.6) is 0 Å². The Kier molecular flexibility index (Phi) is 4.76. The maximum absolute atomic E-state index is 12.7. The van der Waals surface area contributed by atoms with Crippen LogP contribution in [-0.4, -0.2) is 16.9 Å². The first-order valence-electron chi connectivity index (χ1n) is 9.51. The number of anilines is 1. The molecule has 2 aliphatic rings. The van der Waals surface area contributed by atoms with Crippen molar-refractivity contribution in [1.29, 1.82) is 0 Å². The molecule has 0 unspecified atom stereocenters. The number of carboxylic acid groups (broad SMARTS) is 1. The van der Waals surface area contributed by atoms with E-state index in [0.717, 1.165) is 30.5 Å². The van der Waals surface area contributed by atoms with Gasteiger partial charge in [-0.2, -0.15) is 0 Å². The molecule has 2 aliphatic carbocycles. The van der Waals surface area contributed by atoms with Crippen molar-refractivity contribution < 1.29 is 14.7 Å². The minimum absolute atomic E-state index is 0.0853. The summed E-state index contributed by atoms with van der Waals surface area (Å²) in [5.41, 5.74) is 3.09. The van der Waals surface area contributed by atoms with Gasteiger partial charge in [-0.3, -0.25) is 4.79 Å². The molecule has 0 spiro atoms. The summed E-state index contributed by atoms with van der Waals surface area (Å²) in [5, 5.41) is 16.8. The molecule has 0 aliphatic heterocycles. The van der Waals surface area contributed by atoms with Crippen molar-refractivity contribution in [2.24, 2.45) is 23.7 Å². The second-order valence-electron chi connectivity index (χ2n) is 8.01. The minimum atomic E-state index is -1.09. The maximum Gasteiger partial charge on any atom is 0.230 e. The molecular formula is C21H23N2O3S-. The van der Waals surface area contributed by atoms with Gasteiger partial charge in [-0.1, -0.05) is 38.1 Å². The number of hydrogen-bond acceptors (Lipinski definition) is 5. The van der Waals surface area contributed by atoms with E-state index in [0.29, 0.717) is 11.0 Å². The van der Waals surface area contributed by atoms with E-state index in [9.17, 15) is 14.7 Å². The predicted molar refractivity (Wildman–Crippen MR) is 103 cm³/mol. The first-order valence-corrected chi connectivity index (χ1v) is 10.4. The molecule has 1 aromatic carbocycles. The predicted octanol–water partition coefficient (Wildman–Crippen LogP) is 3.28. The summed E-state index contributed by atoms with van der Waals surface area (Å²) < 4.78 is 0. The number of carbonyl (C=O) groups excluding carboxylic acids is 2. The highest BCUT2D eigenvalue weighted by Gasteiger charge is 2.51. The molecule has 1 heterocycles. The first kappa shape index (κ1) is 18.2. The Morgan fingerprint density at radius 1 is 1.15 bits per heavy atom. The van der Waals surface area contributed by atoms with Crippen molar-refractivity contribution in [1.82, 2.24) is 4.98 Å². The van der Waals surface area contributed by atoms with Crippen molar-refractivity contribution in [2.75, 3.05) is 5.32 Å². The largest absolute Gasteiger partial charge is 0.550 e. The Morgan fingerprint density at radius 2 is 1.81 bits per heavy atom. The summed E-state index contributed by atoms with van der Waals surface area (Å²) in [4.78, 5) is 28.8. The van der Waals surface area contributed by atoms with Crippen LogP contribution in [0.2, 0.25) is 0 Å². The summed E-state index contributed by atoms with van der Waals surface area (Å²) in [6.07, 6.45) is 2.64. The molecule has 4 atom stereocenters. The highest BCUT2D eigenvalue weighted by Crippen LogP contribution is 2.52. The third kappa shape index (κ3) is 3.38. The molecule has 2 aromatic rings. The van der Waals surface area contributed by atoms with Gasteiger partial charge in [0.1, 0.15) is 0 Å². The quantitative estimate of drug-likeness (QED) is 0.859. The molecule has 1 N–H and O–H groups in total. The van der Waals surface area contributed by atoms with Gasteiger partial charge in [0.05, 0.1) is 5.69 Å². The number of thiazole rings is 1. The van der Waals surface area contributed by atoms with Crippen molar-refractivity contribution in [2.45, 2.75) is 39.0 Å². The Balaban J connectivity index is 1.47. The number of fused-ring (bicyclic) bond motifs is 2. The SMILES string of the molecule is CC(C)c1ccc(-c2csc(NC(=O)[C@H]3[C@H]4CC[C@@H](C4)[C@@H]3C(=O)[O-])n2)cc1. The summed E-state index contributed by atoms with van der Waals surface area (Å²) in [6, 6.07) is 8.27. The van der Waals surface area contributed by atoms with Gasteiger partial charge in [0.25, 0.3) is 0 Å². The number of benzene rings is 1. The van der Waals surface area contributed by atoms with Gasteiger partial charge in [0.2, 0.25) is 5.91 Å². The van der Waals surface area contributed by atoms with E-state index in [1.807, 2.05) is 17.5 Å². The summed E-state index contributed by atoms with van der Waals surface area (Å²) >= 11 is 1.37. The van der Waals surface area contributed by atoms with Gasteiger partial charge in [-0.15, -0.1) is 11.3 Å². The number of amides is 1. The third-order valence-electron chi connectivity index (χ3n) is 6.10. The molecule has 0 radical (unpaired) electrons. The van der Waals surface area contributed by atoms with Crippen LogP contribution in [0.4, 0.5) is 5.13 Å². The molecular weight excluding hydrogens is 360 g/mol. The second kappa shape index (κ2) is 7.08. The molecule has 142 valence electrons. The lowest BCUT2D eigenvalue weighted by Crippen LogP contribution is -2.43. The zero-order chi connectivity index (χ0) is 19.1. The standard InChI is InChI=1S/C21H24N2O3S/c1-11(2)12-3-5-13(6-4-12)16-10-27-21(22-16)23-19(24)17-14-7-8-15(9-14)18(17)20(25)26/h3-6,10-11,14-15,17-18H,7-9H2,1-2H3,(H,25,26)(H,22,23,24)/p-1/t14-,15-,17-,18-/m0/s1. The van der Waals surface area contributed by atoms with E-state index in [4.69, 9.17) is 0 Å². The van der Waals surface area contributed by atoms with E-state index in [2.05, 4.69) is 36.3 Å². The zero-order valence-electron chi connectivity index (χ0n) is 15.5. The van der Waals surface area contributed by atoms with E-state index >= 15 is 0 Å². The average molecular weight is 383 g/mol. The zero-order valence-corrected chi connectivity index (χ0v) is 16.3. The van der Waals surface area contributed by atoms with E-state index in [1.165, 1.54) is 16.9 Å². The Bertz CT molecular complexity index is 859. The smallest absolute Gasteiger partial charge is 0.230 e. The number of hydrogen-bond donors (Lipinski definition) is 1. The molecule has 0 saturated heterocycles. The van der Waals surface area contributed by atoms with Gasteiger partial charge >= 0.3 is 0 Å². The molecule has 1 amide bonds. The topological polar surface area (TPSA) is 82.1 Å².